The number of aromatic carboxylic acids is 1. The van der Waals surface area contributed by atoms with Crippen molar-refractivity contribution in [1.82, 2.24) is 5.32 Å². The third-order valence-corrected chi connectivity index (χ3v) is 8.01. The zero-order valence-corrected chi connectivity index (χ0v) is 22.4. The Kier molecular flexibility index (Phi) is 9.48. The molecule has 4 rings (SSSR count). The fraction of sp³-hybridized carbons (Fsp3) is 0.548. The number of anilines is 1. The number of piperidine rings is 1. The van der Waals surface area contributed by atoms with Crippen LogP contribution in [-0.2, 0) is 11.2 Å². The van der Waals surface area contributed by atoms with Gasteiger partial charge >= 0.3 is 5.97 Å². The van der Waals surface area contributed by atoms with Crippen LogP contribution >= 0.6 is 0 Å². The molecule has 1 amide bonds. The number of nitrogens with one attached hydrogen (secondary N) is 1. The molecular weight excluding hydrogens is 464 g/mol. The van der Waals surface area contributed by atoms with Gasteiger partial charge in [-0.05, 0) is 67.3 Å². The Hall–Kier alpha value is -3.02. The topological polar surface area (TPSA) is 78.9 Å². The van der Waals surface area contributed by atoms with Gasteiger partial charge in [0.05, 0.1) is 19.1 Å². The van der Waals surface area contributed by atoms with Crippen molar-refractivity contribution in [2.75, 3.05) is 24.6 Å². The molecule has 0 spiro atoms. The van der Waals surface area contributed by atoms with E-state index in [2.05, 4.69) is 41.4 Å². The summed E-state index contributed by atoms with van der Waals surface area (Å²) in [5, 5.41) is 12.8. The van der Waals surface area contributed by atoms with Gasteiger partial charge in [-0.2, -0.15) is 0 Å². The number of carbonyl (C=O) groups excluding carboxylic acids is 1. The molecule has 1 aliphatic heterocycles. The van der Waals surface area contributed by atoms with Gasteiger partial charge in [0.15, 0.2) is 0 Å². The lowest BCUT2D eigenvalue weighted by Gasteiger charge is -2.36. The number of hydrogen-bond donors (Lipinski definition) is 2. The molecule has 1 unspecified atom stereocenters. The molecule has 0 bridgehead atoms. The third-order valence-electron chi connectivity index (χ3n) is 8.01. The maximum atomic E-state index is 13.4. The van der Waals surface area contributed by atoms with Crippen molar-refractivity contribution >= 4 is 17.6 Å². The largest absolute Gasteiger partial charge is 0.493 e. The number of carbonyl (C=O) groups is 2. The van der Waals surface area contributed by atoms with Gasteiger partial charge in [-0.25, -0.2) is 4.79 Å². The molecule has 2 N–H and O–H groups in total. The average Bonchev–Trinajstić information content (AvgIpc) is 2.89. The number of benzene rings is 2. The molecule has 1 saturated heterocycles. The van der Waals surface area contributed by atoms with Crippen LogP contribution in [0.3, 0.4) is 0 Å². The predicted octanol–water partition coefficient (Wildman–Crippen LogP) is 6.39. The van der Waals surface area contributed by atoms with Crippen LogP contribution in [0.2, 0.25) is 0 Å². The first-order valence-electron chi connectivity index (χ1n) is 14.1. The van der Waals surface area contributed by atoms with Gasteiger partial charge in [-0.15, -0.1) is 0 Å². The summed E-state index contributed by atoms with van der Waals surface area (Å²) in [5.74, 6) is 0.607. The van der Waals surface area contributed by atoms with Crippen molar-refractivity contribution in [3.63, 3.8) is 0 Å². The molecule has 1 atom stereocenters. The van der Waals surface area contributed by atoms with Crippen LogP contribution in [0.25, 0.3) is 0 Å². The van der Waals surface area contributed by atoms with Gasteiger partial charge in [0, 0.05) is 18.8 Å². The molecule has 1 heterocycles. The van der Waals surface area contributed by atoms with Gasteiger partial charge in [0.25, 0.3) is 0 Å². The van der Waals surface area contributed by atoms with E-state index in [1.807, 2.05) is 6.92 Å². The molecule has 0 radical (unpaired) electrons. The highest BCUT2D eigenvalue weighted by Gasteiger charge is 2.26. The van der Waals surface area contributed by atoms with Crippen LogP contribution in [0, 0.1) is 11.8 Å². The van der Waals surface area contributed by atoms with E-state index in [-0.39, 0.29) is 23.9 Å². The lowest BCUT2D eigenvalue weighted by Crippen LogP contribution is -2.36. The van der Waals surface area contributed by atoms with Crippen LogP contribution in [0.4, 0.5) is 5.69 Å². The summed E-state index contributed by atoms with van der Waals surface area (Å²) < 4.78 is 5.54. The number of rotatable bonds is 10. The second-order valence-electron chi connectivity index (χ2n) is 10.8. The molecule has 1 saturated carbocycles. The number of nitrogens with zero attached hydrogens (tertiary/aromatic N) is 1. The lowest BCUT2D eigenvalue weighted by molar-refractivity contribution is -0.121. The summed E-state index contributed by atoms with van der Waals surface area (Å²) in [4.78, 5) is 27.4. The number of carboxylic acids is 1. The number of hydrogen-bond acceptors (Lipinski definition) is 4. The quantitative estimate of drug-likeness (QED) is 0.390. The SMILES string of the molecule is CCOc1cc(CC(=O)NC(CC2CCCCC2)c2ccccc2N2CCC(C)CC2)ccc1C(=O)O. The van der Waals surface area contributed by atoms with Crippen molar-refractivity contribution in [3.05, 3.63) is 59.2 Å². The van der Waals surface area contributed by atoms with Crippen LogP contribution in [0.1, 0.15) is 92.7 Å². The van der Waals surface area contributed by atoms with E-state index in [1.54, 1.807) is 12.1 Å². The van der Waals surface area contributed by atoms with Crippen molar-refractivity contribution < 1.29 is 19.4 Å². The Morgan fingerprint density at radius 2 is 1.78 bits per heavy atom. The van der Waals surface area contributed by atoms with Crippen molar-refractivity contribution in [1.29, 1.82) is 0 Å². The highest BCUT2D eigenvalue weighted by atomic mass is 16.5. The van der Waals surface area contributed by atoms with Gasteiger partial charge in [0.1, 0.15) is 11.3 Å². The maximum absolute atomic E-state index is 13.4. The van der Waals surface area contributed by atoms with Gasteiger partial charge in [0.2, 0.25) is 5.91 Å². The van der Waals surface area contributed by atoms with E-state index in [1.165, 1.54) is 62.3 Å². The summed E-state index contributed by atoms with van der Waals surface area (Å²) in [5.41, 5.74) is 3.33. The molecule has 37 heavy (non-hydrogen) atoms. The molecule has 0 aromatic heterocycles. The Bertz CT molecular complexity index is 1050. The van der Waals surface area contributed by atoms with Crippen molar-refractivity contribution in [3.8, 4) is 5.75 Å². The first-order chi connectivity index (χ1) is 17.9. The summed E-state index contributed by atoms with van der Waals surface area (Å²) in [6, 6.07) is 13.5. The van der Waals surface area contributed by atoms with E-state index in [0.29, 0.717) is 18.3 Å². The molecule has 2 fully saturated rings. The number of amides is 1. The molecule has 200 valence electrons. The normalized spacial score (nSPS) is 17.8. The monoisotopic (exact) mass is 506 g/mol. The summed E-state index contributed by atoms with van der Waals surface area (Å²) in [6.45, 7) is 6.62. The fourth-order valence-electron chi connectivity index (χ4n) is 5.90. The highest BCUT2D eigenvalue weighted by Crippen LogP contribution is 2.36. The van der Waals surface area contributed by atoms with Crippen molar-refractivity contribution in [2.45, 2.75) is 77.7 Å². The van der Waals surface area contributed by atoms with Gasteiger partial charge in [-0.3, -0.25) is 4.79 Å². The number of para-hydroxylation sites is 1. The lowest BCUT2D eigenvalue weighted by atomic mass is 9.82. The zero-order chi connectivity index (χ0) is 26.2. The molecule has 1 aliphatic carbocycles. The van der Waals surface area contributed by atoms with Crippen LogP contribution in [-0.4, -0.2) is 36.7 Å². The van der Waals surface area contributed by atoms with Crippen LogP contribution in [0.15, 0.2) is 42.5 Å². The standard InChI is InChI=1S/C31H42N2O4/c1-3-37-29-20-24(13-14-26(29)31(35)36)21-30(34)32-27(19-23-9-5-4-6-10-23)25-11-7-8-12-28(25)33-17-15-22(2)16-18-33/h7-8,11-14,20,22-23,27H,3-6,9-10,15-19,21H2,1-2H3,(H,32,34)(H,35,36). The summed E-state index contributed by atoms with van der Waals surface area (Å²) in [6.07, 6.45) is 9.84. The molecule has 6 nitrogen and oxygen atoms in total. The van der Waals surface area contributed by atoms with Crippen LogP contribution in [0.5, 0.6) is 5.75 Å². The first-order valence-corrected chi connectivity index (χ1v) is 14.1. The Morgan fingerprint density at radius 1 is 1.05 bits per heavy atom. The van der Waals surface area contributed by atoms with E-state index >= 15 is 0 Å². The van der Waals surface area contributed by atoms with E-state index in [0.717, 1.165) is 31.0 Å². The molecular formula is C31H42N2O4. The van der Waals surface area contributed by atoms with Gasteiger partial charge in [-0.1, -0.05) is 63.3 Å². The predicted molar refractivity (Wildman–Crippen MR) is 147 cm³/mol. The zero-order valence-electron chi connectivity index (χ0n) is 22.4. The third kappa shape index (κ3) is 7.27. The minimum atomic E-state index is -1.03. The second-order valence-corrected chi connectivity index (χ2v) is 10.8. The van der Waals surface area contributed by atoms with Crippen molar-refractivity contribution in [2.24, 2.45) is 11.8 Å². The van der Waals surface area contributed by atoms with E-state index in [4.69, 9.17) is 4.74 Å². The Balaban J connectivity index is 1.55. The Morgan fingerprint density at radius 3 is 2.49 bits per heavy atom. The Labute approximate surface area is 221 Å². The molecule has 2 aromatic rings. The molecule has 2 aliphatic rings. The number of ether oxygens (including phenoxy) is 1. The second kappa shape index (κ2) is 13.0. The van der Waals surface area contributed by atoms with E-state index < -0.39 is 5.97 Å². The first kappa shape index (κ1) is 27.0. The number of carboxylic acid groups (broad SMARTS) is 1. The smallest absolute Gasteiger partial charge is 0.339 e. The molecule has 6 heteroatoms. The highest BCUT2D eigenvalue weighted by molar-refractivity contribution is 5.91. The van der Waals surface area contributed by atoms with E-state index in [9.17, 15) is 14.7 Å². The summed E-state index contributed by atoms with van der Waals surface area (Å²) in [7, 11) is 0. The average molecular weight is 507 g/mol. The maximum Gasteiger partial charge on any atom is 0.339 e. The minimum Gasteiger partial charge on any atom is -0.493 e. The minimum absolute atomic E-state index is 0.0456. The fourth-order valence-corrected chi connectivity index (χ4v) is 5.90. The molecule has 2 aromatic carbocycles. The summed E-state index contributed by atoms with van der Waals surface area (Å²) >= 11 is 0. The van der Waals surface area contributed by atoms with Crippen LogP contribution < -0.4 is 15.0 Å². The van der Waals surface area contributed by atoms with Gasteiger partial charge < -0.3 is 20.1 Å².